The van der Waals surface area contributed by atoms with Gasteiger partial charge in [0, 0.05) is 6.54 Å². The van der Waals surface area contributed by atoms with E-state index < -0.39 is 11.8 Å². The van der Waals surface area contributed by atoms with Crippen molar-refractivity contribution in [3.05, 3.63) is 11.4 Å². The van der Waals surface area contributed by atoms with Crippen molar-refractivity contribution in [3.63, 3.8) is 0 Å². The highest BCUT2D eigenvalue weighted by Crippen LogP contribution is 2.11. The molecule has 0 fully saturated rings. The highest BCUT2D eigenvalue weighted by atomic mass is 16.5. The first kappa shape index (κ1) is 13.0. The zero-order valence-corrected chi connectivity index (χ0v) is 9.45. The molecule has 0 aromatic carbocycles. The normalized spacial score (nSPS) is 10.2. The number of ether oxygens (including phenoxy) is 1. The van der Waals surface area contributed by atoms with Gasteiger partial charge in [-0.25, -0.2) is 0 Å². The number of aromatic nitrogens is 2. The summed E-state index contributed by atoms with van der Waals surface area (Å²) in [5.74, 6) is -0.946. The standard InChI is InChI=1S/C9H15N5O3/c1-5-7(11)8(14-13-5)9(16)12-2-3-17-4-6(10)15/h2-4,11H2,1H3,(H2,10,15)(H,12,16)(H,13,14). The lowest BCUT2D eigenvalue weighted by Crippen LogP contribution is -2.29. The second-order valence-electron chi connectivity index (χ2n) is 3.39. The monoisotopic (exact) mass is 241 g/mol. The molecule has 1 rings (SSSR count). The molecule has 8 nitrogen and oxygen atoms in total. The minimum atomic E-state index is -0.552. The van der Waals surface area contributed by atoms with Gasteiger partial charge >= 0.3 is 0 Å². The number of hydrogen-bond donors (Lipinski definition) is 4. The fourth-order valence-corrected chi connectivity index (χ4v) is 1.10. The van der Waals surface area contributed by atoms with Crippen LogP contribution in [-0.4, -0.2) is 41.8 Å². The quantitative estimate of drug-likeness (QED) is 0.451. The lowest BCUT2D eigenvalue weighted by atomic mass is 10.3. The van der Waals surface area contributed by atoms with E-state index in [0.717, 1.165) is 0 Å². The summed E-state index contributed by atoms with van der Waals surface area (Å²) in [4.78, 5) is 21.9. The van der Waals surface area contributed by atoms with Crippen LogP contribution in [0.4, 0.5) is 5.69 Å². The molecular formula is C9H15N5O3. The molecule has 1 aromatic rings. The van der Waals surface area contributed by atoms with Gasteiger partial charge in [0.1, 0.15) is 6.61 Å². The molecular weight excluding hydrogens is 226 g/mol. The lowest BCUT2D eigenvalue weighted by Gasteiger charge is -2.04. The highest BCUT2D eigenvalue weighted by molar-refractivity contribution is 5.97. The van der Waals surface area contributed by atoms with Crippen LogP contribution in [0.25, 0.3) is 0 Å². The Morgan fingerprint density at radius 1 is 1.53 bits per heavy atom. The van der Waals surface area contributed by atoms with Crippen molar-refractivity contribution >= 4 is 17.5 Å². The molecule has 2 amide bonds. The zero-order valence-electron chi connectivity index (χ0n) is 9.45. The Hall–Kier alpha value is -2.09. The molecule has 0 saturated heterocycles. The maximum Gasteiger partial charge on any atom is 0.274 e. The van der Waals surface area contributed by atoms with E-state index in [4.69, 9.17) is 16.2 Å². The van der Waals surface area contributed by atoms with Gasteiger partial charge < -0.3 is 21.5 Å². The van der Waals surface area contributed by atoms with E-state index in [1.54, 1.807) is 6.92 Å². The molecule has 0 saturated carbocycles. The Bertz CT molecular complexity index is 415. The van der Waals surface area contributed by atoms with E-state index in [1.165, 1.54) is 0 Å². The fraction of sp³-hybridized carbons (Fsp3) is 0.444. The second-order valence-corrected chi connectivity index (χ2v) is 3.39. The Balaban J connectivity index is 2.31. The molecule has 17 heavy (non-hydrogen) atoms. The van der Waals surface area contributed by atoms with Crippen molar-refractivity contribution in [2.24, 2.45) is 5.73 Å². The van der Waals surface area contributed by atoms with Crippen LogP contribution >= 0.6 is 0 Å². The molecule has 0 unspecified atom stereocenters. The van der Waals surface area contributed by atoms with Crippen molar-refractivity contribution < 1.29 is 14.3 Å². The number of H-pyrrole nitrogens is 1. The van der Waals surface area contributed by atoms with Crippen molar-refractivity contribution in [3.8, 4) is 0 Å². The minimum Gasteiger partial charge on any atom is -0.395 e. The van der Waals surface area contributed by atoms with Crippen molar-refractivity contribution in [2.75, 3.05) is 25.5 Å². The first-order chi connectivity index (χ1) is 8.02. The van der Waals surface area contributed by atoms with Gasteiger partial charge in [-0.05, 0) is 6.92 Å². The van der Waals surface area contributed by atoms with Crippen LogP contribution in [0.1, 0.15) is 16.2 Å². The van der Waals surface area contributed by atoms with Gasteiger partial charge in [-0.1, -0.05) is 0 Å². The summed E-state index contributed by atoms with van der Waals surface area (Å²) in [5.41, 5.74) is 11.6. The Kier molecular flexibility index (Phi) is 4.46. The van der Waals surface area contributed by atoms with E-state index in [2.05, 4.69) is 15.5 Å². The van der Waals surface area contributed by atoms with E-state index in [9.17, 15) is 9.59 Å². The number of anilines is 1. The van der Waals surface area contributed by atoms with Crippen LogP contribution in [0.3, 0.4) is 0 Å². The molecule has 0 radical (unpaired) electrons. The summed E-state index contributed by atoms with van der Waals surface area (Å²) in [6.45, 7) is 1.99. The molecule has 0 aliphatic carbocycles. The third kappa shape index (κ3) is 3.76. The summed E-state index contributed by atoms with van der Waals surface area (Å²) >= 11 is 0. The number of hydrogen-bond acceptors (Lipinski definition) is 5. The Morgan fingerprint density at radius 2 is 2.24 bits per heavy atom. The average molecular weight is 241 g/mol. The van der Waals surface area contributed by atoms with Crippen LogP contribution in [0.5, 0.6) is 0 Å². The SMILES string of the molecule is Cc1[nH]nc(C(=O)NCCOCC(N)=O)c1N. The second kappa shape index (κ2) is 5.85. The van der Waals surface area contributed by atoms with Crippen LogP contribution in [0.15, 0.2) is 0 Å². The average Bonchev–Trinajstić information content (AvgIpc) is 2.59. The molecule has 0 atom stereocenters. The Labute approximate surface area is 97.7 Å². The number of carbonyl (C=O) groups excluding carboxylic acids is 2. The highest BCUT2D eigenvalue weighted by Gasteiger charge is 2.14. The van der Waals surface area contributed by atoms with Crippen molar-refractivity contribution in [1.82, 2.24) is 15.5 Å². The first-order valence-electron chi connectivity index (χ1n) is 4.97. The maximum atomic E-state index is 11.6. The smallest absolute Gasteiger partial charge is 0.274 e. The number of rotatable bonds is 6. The topological polar surface area (TPSA) is 136 Å². The third-order valence-corrected chi connectivity index (χ3v) is 1.99. The number of primary amides is 1. The largest absolute Gasteiger partial charge is 0.395 e. The van der Waals surface area contributed by atoms with Crippen molar-refractivity contribution in [1.29, 1.82) is 0 Å². The molecule has 0 aliphatic heterocycles. The van der Waals surface area contributed by atoms with Gasteiger partial charge in [-0.3, -0.25) is 14.7 Å². The molecule has 94 valence electrons. The van der Waals surface area contributed by atoms with Gasteiger partial charge in [0.05, 0.1) is 18.0 Å². The van der Waals surface area contributed by atoms with E-state index in [0.29, 0.717) is 11.4 Å². The first-order valence-corrected chi connectivity index (χ1v) is 4.97. The predicted molar refractivity (Wildman–Crippen MR) is 60.1 cm³/mol. The van der Waals surface area contributed by atoms with Crippen molar-refractivity contribution in [2.45, 2.75) is 6.92 Å². The number of nitrogens with one attached hydrogen (secondary N) is 2. The number of aromatic amines is 1. The maximum absolute atomic E-state index is 11.6. The van der Waals surface area contributed by atoms with E-state index in [1.807, 2.05) is 0 Å². The van der Waals surface area contributed by atoms with Gasteiger partial charge in [0.15, 0.2) is 5.69 Å². The van der Waals surface area contributed by atoms with Gasteiger partial charge in [0.25, 0.3) is 5.91 Å². The number of nitrogens with two attached hydrogens (primary N) is 2. The number of amides is 2. The summed E-state index contributed by atoms with van der Waals surface area (Å²) in [7, 11) is 0. The minimum absolute atomic E-state index is 0.150. The molecule has 0 bridgehead atoms. The molecule has 1 heterocycles. The zero-order chi connectivity index (χ0) is 12.8. The molecule has 1 aromatic heterocycles. The van der Waals surface area contributed by atoms with Gasteiger partial charge in [-0.15, -0.1) is 0 Å². The summed E-state index contributed by atoms with van der Waals surface area (Å²) < 4.78 is 4.87. The lowest BCUT2D eigenvalue weighted by molar-refractivity contribution is -0.122. The van der Waals surface area contributed by atoms with Crippen LogP contribution < -0.4 is 16.8 Å². The number of nitrogens with zero attached hydrogens (tertiary/aromatic N) is 1. The van der Waals surface area contributed by atoms with Gasteiger partial charge in [-0.2, -0.15) is 5.10 Å². The molecule has 0 aliphatic rings. The van der Waals surface area contributed by atoms with Crippen LogP contribution in [0, 0.1) is 6.92 Å². The number of nitrogen functional groups attached to an aromatic ring is 1. The van der Waals surface area contributed by atoms with E-state index >= 15 is 0 Å². The fourth-order valence-electron chi connectivity index (χ4n) is 1.10. The number of carbonyl (C=O) groups is 2. The Morgan fingerprint density at radius 3 is 2.76 bits per heavy atom. The molecule has 8 heteroatoms. The summed E-state index contributed by atoms with van der Waals surface area (Å²) in [5, 5.41) is 8.92. The third-order valence-electron chi connectivity index (χ3n) is 1.99. The van der Waals surface area contributed by atoms with E-state index in [-0.39, 0.29) is 25.5 Å². The predicted octanol–water partition coefficient (Wildman–Crippen LogP) is -1.47. The number of aryl methyl sites for hydroxylation is 1. The molecule has 6 N–H and O–H groups in total. The molecule has 0 spiro atoms. The van der Waals surface area contributed by atoms with Gasteiger partial charge in [0.2, 0.25) is 5.91 Å². The summed E-state index contributed by atoms with van der Waals surface area (Å²) in [6, 6.07) is 0. The van der Waals surface area contributed by atoms with Crippen LogP contribution in [-0.2, 0) is 9.53 Å². The van der Waals surface area contributed by atoms with Crippen LogP contribution in [0.2, 0.25) is 0 Å². The summed E-state index contributed by atoms with van der Waals surface area (Å²) in [6.07, 6.45) is 0.